The summed E-state index contributed by atoms with van der Waals surface area (Å²) in [6, 6.07) is 21.1. The summed E-state index contributed by atoms with van der Waals surface area (Å²) in [5, 5.41) is 17.2. The Hall–Kier alpha value is -4.52. The van der Waals surface area contributed by atoms with Gasteiger partial charge in [-0.05, 0) is 42.3 Å². The van der Waals surface area contributed by atoms with E-state index < -0.39 is 5.92 Å². The molecule has 6 rings (SSSR count). The Morgan fingerprint density at radius 1 is 1.03 bits per heavy atom. The van der Waals surface area contributed by atoms with Gasteiger partial charge in [0.25, 0.3) is 0 Å². The summed E-state index contributed by atoms with van der Waals surface area (Å²) in [5.41, 5.74) is 3.20. The maximum absolute atomic E-state index is 12.7. The summed E-state index contributed by atoms with van der Waals surface area (Å²) >= 11 is 0. The largest absolute Gasteiger partial charge is 0.507 e. The zero-order valence-electron chi connectivity index (χ0n) is 18.6. The highest BCUT2D eigenvalue weighted by Crippen LogP contribution is 2.44. The molecule has 0 unspecified atom stereocenters. The van der Waals surface area contributed by atoms with E-state index in [9.17, 15) is 9.90 Å². The summed E-state index contributed by atoms with van der Waals surface area (Å²) in [7, 11) is 0. The first-order valence-electron chi connectivity index (χ1n) is 10.9. The number of phenols is 1. The van der Waals surface area contributed by atoms with E-state index in [4.69, 9.17) is 9.72 Å². The lowest BCUT2D eigenvalue weighted by atomic mass is 9.82. The number of nitrogens with zero attached hydrogens (tertiary/aromatic N) is 4. The number of aromatic hydroxyl groups is 1. The maximum atomic E-state index is 12.7. The number of allylic oxidation sites excluding steroid dienone is 2. The van der Waals surface area contributed by atoms with Gasteiger partial charge in [-0.2, -0.15) is 0 Å². The van der Waals surface area contributed by atoms with E-state index in [1.54, 1.807) is 24.4 Å². The summed E-state index contributed by atoms with van der Waals surface area (Å²) in [5.74, 6) is 0.892. The number of benzene rings is 3. The Kier molecular flexibility index (Phi) is 4.45. The fraction of sp³-hybridized carbons (Fsp3) is 0.111. The molecule has 0 spiro atoms. The Balaban J connectivity index is 1.60. The first-order chi connectivity index (χ1) is 16.5. The van der Waals surface area contributed by atoms with E-state index in [0.717, 1.165) is 16.3 Å². The molecule has 0 amide bonds. The van der Waals surface area contributed by atoms with Gasteiger partial charge in [-0.15, -0.1) is 5.10 Å². The molecule has 5 aromatic rings. The standard InChI is InChI=1S/C27H20N4O3/c1-15(32)22-16(2)34-27-24(23(22)17-8-4-3-5-9-17)26-29-25(30-31(26)14-28-27)20-12-18-10-6-7-11-19(18)13-21(20)33/h3-14,23,33H,1-2H3/t23-/m1/s1. The normalized spacial score (nSPS) is 15.4. The van der Waals surface area contributed by atoms with Crippen molar-refractivity contribution in [3.05, 3.63) is 95.5 Å². The molecule has 7 nitrogen and oxygen atoms in total. The van der Waals surface area contributed by atoms with Gasteiger partial charge in [-0.3, -0.25) is 4.79 Å². The third-order valence-corrected chi connectivity index (χ3v) is 6.21. The third-order valence-electron chi connectivity index (χ3n) is 6.21. The summed E-state index contributed by atoms with van der Waals surface area (Å²) in [6.45, 7) is 3.32. The van der Waals surface area contributed by atoms with Crippen molar-refractivity contribution in [2.75, 3.05) is 0 Å². The van der Waals surface area contributed by atoms with E-state index >= 15 is 0 Å². The number of ketones is 1. The zero-order valence-corrected chi connectivity index (χ0v) is 18.6. The van der Waals surface area contributed by atoms with Crippen molar-refractivity contribution in [2.45, 2.75) is 19.8 Å². The molecule has 0 bridgehead atoms. The first-order valence-corrected chi connectivity index (χ1v) is 10.9. The molecule has 34 heavy (non-hydrogen) atoms. The van der Waals surface area contributed by atoms with E-state index in [-0.39, 0.29) is 11.5 Å². The lowest BCUT2D eigenvalue weighted by Gasteiger charge is -2.28. The minimum Gasteiger partial charge on any atom is -0.507 e. The molecule has 0 saturated heterocycles. The van der Waals surface area contributed by atoms with Crippen LogP contribution in [0.2, 0.25) is 0 Å². The van der Waals surface area contributed by atoms with Gasteiger partial charge in [0.05, 0.1) is 11.1 Å². The van der Waals surface area contributed by atoms with Gasteiger partial charge >= 0.3 is 0 Å². The number of hydrogen-bond donors (Lipinski definition) is 1. The van der Waals surface area contributed by atoms with Crippen molar-refractivity contribution in [3.63, 3.8) is 0 Å². The number of carbonyl (C=O) groups excluding carboxylic acids is 1. The second-order valence-electron chi connectivity index (χ2n) is 8.36. The van der Waals surface area contributed by atoms with Crippen LogP contribution in [0.3, 0.4) is 0 Å². The Bertz CT molecular complexity index is 1640. The molecule has 0 aliphatic carbocycles. The molecule has 0 fully saturated rings. The number of phenolic OH excluding ortho intramolecular Hbond substituents is 1. The Morgan fingerprint density at radius 3 is 2.47 bits per heavy atom. The van der Waals surface area contributed by atoms with Crippen molar-refractivity contribution in [1.82, 2.24) is 19.6 Å². The summed E-state index contributed by atoms with van der Waals surface area (Å²) < 4.78 is 7.55. The quantitative estimate of drug-likeness (QED) is 0.416. The van der Waals surface area contributed by atoms with Crippen LogP contribution < -0.4 is 4.74 Å². The fourth-order valence-corrected chi connectivity index (χ4v) is 4.69. The van der Waals surface area contributed by atoms with Gasteiger partial charge in [0.1, 0.15) is 17.8 Å². The minimum atomic E-state index is -0.402. The number of carbonyl (C=O) groups is 1. The van der Waals surface area contributed by atoms with Crippen LogP contribution in [0.25, 0.3) is 27.8 Å². The highest BCUT2D eigenvalue weighted by molar-refractivity contribution is 5.97. The molecule has 3 heterocycles. The zero-order chi connectivity index (χ0) is 23.4. The average Bonchev–Trinajstić information content (AvgIpc) is 3.27. The second-order valence-corrected chi connectivity index (χ2v) is 8.36. The summed E-state index contributed by atoms with van der Waals surface area (Å²) in [4.78, 5) is 22.0. The maximum Gasteiger partial charge on any atom is 0.228 e. The number of ether oxygens (including phenoxy) is 1. The van der Waals surface area contributed by atoms with Crippen LogP contribution in [0.5, 0.6) is 11.6 Å². The van der Waals surface area contributed by atoms with Gasteiger partial charge < -0.3 is 9.84 Å². The molecule has 1 atom stereocenters. The topological polar surface area (TPSA) is 89.6 Å². The molecule has 2 aromatic heterocycles. The highest BCUT2D eigenvalue weighted by atomic mass is 16.5. The molecule has 1 aliphatic heterocycles. The smallest absolute Gasteiger partial charge is 0.228 e. The van der Waals surface area contributed by atoms with Crippen molar-refractivity contribution < 1.29 is 14.6 Å². The molecule has 166 valence electrons. The molecule has 0 saturated carbocycles. The molecule has 0 radical (unpaired) electrons. The Labute approximate surface area is 195 Å². The van der Waals surface area contributed by atoms with Gasteiger partial charge in [-0.25, -0.2) is 14.5 Å². The van der Waals surface area contributed by atoms with E-state index in [1.165, 1.54) is 6.33 Å². The van der Waals surface area contributed by atoms with Gasteiger partial charge in [0.15, 0.2) is 17.3 Å². The van der Waals surface area contributed by atoms with Crippen LogP contribution >= 0.6 is 0 Å². The number of rotatable bonds is 3. The average molecular weight is 448 g/mol. The predicted octanol–water partition coefficient (Wildman–Crippen LogP) is 5.04. The molecule has 1 aliphatic rings. The molecular formula is C27H20N4O3. The van der Waals surface area contributed by atoms with Crippen molar-refractivity contribution in [2.24, 2.45) is 0 Å². The SMILES string of the molecule is CC(=O)C1=C(C)Oc2ncn3nc(-c4cc5ccccc5cc4O)nc3c2[C@@H]1c1ccccc1. The number of hydrogen-bond acceptors (Lipinski definition) is 6. The van der Waals surface area contributed by atoms with Gasteiger partial charge in [-0.1, -0.05) is 54.6 Å². The Morgan fingerprint density at radius 2 is 1.74 bits per heavy atom. The molecular weight excluding hydrogens is 428 g/mol. The van der Waals surface area contributed by atoms with Gasteiger partial charge in [0, 0.05) is 11.5 Å². The van der Waals surface area contributed by atoms with E-state index in [0.29, 0.717) is 39.8 Å². The van der Waals surface area contributed by atoms with Crippen LogP contribution in [0.1, 0.15) is 30.9 Å². The number of aromatic nitrogens is 4. The fourth-order valence-electron chi connectivity index (χ4n) is 4.69. The van der Waals surface area contributed by atoms with Crippen molar-refractivity contribution in [1.29, 1.82) is 0 Å². The van der Waals surface area contributed by atoms with Crippen molar-refractivity contribution >= 4 is 22.2 Å². The lowest BCUT2D eigenvalue weighted by Crippen LogP contribution is -2.22. The molecule has 3 aromatic carbocycles. The predicted molar refractivity (Wildman–Crippen MR) is 128 cm³/mol. The van der Waals surface area contributed by atoms with Crippen LogP contribution in [0.15, 0.2) is 84.4 Å². The summed E-state index contributed by atoms with van der Waals surface area (Å²) in [6.07, 6.45) is 1.54. The van der Waals surface area contributed by atoms with Gasteiger partial charge in [0.2, 0.25) is 5.88 Å². The first kappa shape index (κ1) is 20.1. The van der Waals surface area contributed by atoms with Crippen LogP contribution in [-0.2, 0) is 4.79 Å². The minimum absolute atomic E-state index is 0.0779. The van der Waals surface area contributed by atoms with Crippen molar-refractivity contribution in [3.8, 4) is 23.0 Å². The highest BCUT2D eigenvalue weighted by Gasteiger charge is 2.36. The molecule has 7 heteroatoms. The third kappa shape index (κ3) is 3.05. The van der Waals surface area contributed by atoms with Crippen LogP contribution in [0.4, 0.5) is 0 Å². The number of Topliss-reactive ketones (excluding diaryl/α,β-unsaturated/α-hetero) is 1. The van der Waals surface area contributed by atoms with E-state index in [1.807, 2.05) is 60.7 Å². The van der Waals surface area contributed by atoms with Crippen LogP contribution in [-0.4, -0.2) is 30.5 Å². The monoisotopic (exact) mass is 448 g/mol. The van der Waals surface area contributed by atoms with E-state index in [2.05, 4.69) is 10.1 Å². The number of fused-ring (bicyclic) bond motifs is 4. The molecule has 1 N–H and O–H groups in total. The lowest BCUT2D eigenvalue weighted by molar-refractivity contribution is -0.114. The van der Waals surface area contributed by atoms with Crippen LogP contribution in [0, 0.1) is 0 Å². The second kappa shape index (κ2) is 7.52.